The predicted octanol–water partition coefficient (Wildman–Crippen LogP) is 4.91. The molecular weight excluding hydrogens is 358 g/mol. The molecule has 0 spiro atoms. The molecule has 0 unspecified atom stereocenters. The summed E-state index contributed by atoms with van der Waals surface area (Å²) >= 11 is 7.88. The van der Waals surface area contributed by atoms with E-state index in [1.165, 1.54) is 17.4 Å². The van der Waals surface area contributed by atoms with Crippen molar-refractivity contribution in [2.75, 3.05) is 0 Å². The topological polar surface area (TPSA) is 58.9 Å². The second-order valence-electron chi connectivity index (χ2n) is 5.64. The smallest absolute Gasteiger partial charge is 0.363 e. The van der Waals surface area contributed by atoms with Gasteiger partial charge in [-0.2, -0.15) is 0 Å². The third-order valence-electron chi connectivity index (χ3n) is 3.83. The second-order valence-corrected chi connectivity index (χ2v) is 7.07. The van der Waals surface area contributed by atoms with Crippen LogP contribution in [0, 0.1) is 6.92 Å². The molecule has 0 saturated carbocycles. The molecule has 0 saturated heterocycles. The molecular formula is C19H12ClNO3S. The molecule has 0 bridgehead atoms. The van der Waals surface area contributed by atoms with E-state index in [4.69, 9.17) is 16.3 Å². The Kier molecular flexibility index (Phi) is 3.82. The van der Waals surface area contributed by atoms with E-state index in [0.29, 0.717) is 15.5 Å². The van der Waals surface area contributed by atoms with Crippen LogP contribution in [-0.4, -0.2) is 17.0 Å². The van der Waals surface area contributed by atoms with Gasteiger partial charge in [-0.15, -0.1) is 11.3 Å². The molecule has 0 aliphatic carbocycles. The average Bonchev–Trinajstić information content (AvgIpc) is 3.10. The van der Waals surface area contributed by atoms with Crippen molar-refractivity contribution >= 4 is 51.0 Å². The van der Waals surface area contributed by atoms with E-state index >= 15 is 0 Å². The molecule has 1 N–H and O–H groups in total. The number of aliphatic imine (C=N–C) groups is 1. The second kappa shape index (κ2) is 6.02. The lowest BCUT2D eigenvalue weighted by atomic mass is 10.1. The number of benzene rings is 2. The normalized spacial score (nSPS) is 15.7. The number of fused-ring (bicyclic) bond motifs is 1. The summed E-state index contributed by atoms with van der Waals surface area (Å²) in [5.74, 6) is -0.305. The SMILES string of the molecule is Cc1ccc2c(Cl)c(C3=N/C(=C/c4ccccc4O)C(=O)O3)sc2c1. The molecule has 6 heteroatoms. The molecule has 25 heavy (non-hydrogen) atoms. The Morgan fingerprint density at radius 3 is 2.84 bits per heavy atom. The zero-order chi connectivity index (χ0) is 17.6. The Morgan fingerprint density at radius 1 is 1.24 bits per heavy atom. The molecule has 124 valence electrons. The quantitative estimate of drug-likeness (QED) is 0.515. The van der Waals surface area contributed by atoms with Gasteiger partial charge in [0, 0.05) is 15.6 Å². The summed E-state index contributed by atoms with van der Waals surface area (Å²) in [4.78, 5) is 17.0. The van der Waals surface area contributed by atoms with Crippen molar-refractivity contribution in [1.82, 2.24) is 0 Å². The van der Waals surface area contributed by atoms with Gasteiger partial charge in [0.25, 0.3) is 0 Å². The molecule has 0 fully saturated rings. The predicted molar refractivity (Wildman–Crippen MR) is 100 cm³/mol. The van der Waals surface area contributed by atoms with Gasteiger partial charge in [0.15, 0.2) is 5.70 Å². The van der Waals surface area contributed by atoms with Crippen molar-refractivity contribution in [3.05, 3.63) is 69.2 Å². The number of rotatable bonds is 2. The highest BCUT2D eigenvalue weighted by atomic mass is 35.5. The first-order valence-electron chi connectivity index (χ1n) is 7.52. The Hall–Kier alpha value is -2.63. The summed E-state index contributed by atoms with van der Waals surface area (Å²) in [6.07, 6.45) is 1.50. The van der Waals surface area contributed by atoms with Gasteiger partial charge in [0.2, 0.25) is 5.90 Å². The van der Waals surface area contributed by atoms with E-state index in [9.17, 15) is 9.90 Å². The number of ether oxygens (including phenoxy) is 1. The fourth-order valence-electron chi connectivity index (χ4n) is 2.57. The molecule has 2 aromatic carbocycles. The Bertz CT molecular complexity index is 1080. The van der Waals surface area contributed by atoms with Crippen LogP contribution in [0.1, 0.15) is 16.0 Å². The maximum Gasteiger partial charge on any atom is 0.363 e. The number of hydrogen-bond donors (Lipinski definition) is 1. The van der Waals surface area contributed by atoms with E-state index in [2.05, 4.69) is 4.99 Å². The van der Waals surface area contributed by atoms with Crippen LogP contribution in [-0.2, 0) is 9.53 Å². The van der Waals surface area contributed by atoms with Crippen LogP contribution in [0.4, 0.5) is 0 Å². The number of hydrogen-bond acceptors (Lipinski definition) is 5. The summed E-state index contributed by atoms with van der Waals surface area (Å²) in [7, 11) is 0. The maximum atomic E-state index is 12.1. The number of aryl methyl sites for hydroxylation is 1. The average molecular weight is 370 g/mol. The van der Waals surface area contributed by atoms with Crippen LogP contribution in [0.15, 0.2) is 53.2 Å². The molecule has 4 rings (SSSR count). The van der Waals surface area contributed by atoms with Gasteiger partial charge in [0.05, 0.1) is 5.02 Å². The first kappa shape index (κ1) is 15.9. The van der Waals surface area contributed by atoms with E-state index in [0.717, 1.165) is 15.6 Å². The Labute approximate surface area is 152 Å². The molecule has 1 aromatic heterocycles. The van der Waals surface area contributed by atoms with E-state index in [1.54, 1.807) is 24.3 Å². The minimum Gasteiger partial charge on any atom is -0.507 e. The summed E-state index contributed by atoms with van der Waals surface area (Å²) in [5.41, 5.74) is 1.75. The third kappa shape index (κ3) is 2.81. The fourth-order valence-corrected chi connectivity index (χ4v) is 4.11. The van der Waals surface area contributed by atoms with Crippen molar-refractivity contribution < 1.29 is 14.6 Å². The number of phenols is 1. The summed E-state index contributed by atoms with van der Waals surface area (Å²) in [6, 6.07) is 12.7. The van der Waals surface area contributed by atoms with Crippen LogP contribution in [0.2, 0.25) is 5.02 Å². The minimum absolute atomic E-state index is 0.0711. The number of cyclic esters (lactones) is 1. The zero-order valence-electron chi connectivity index (χ0n) is 13.1. The van der Waals surface area contributed by atoms with Gasteiger partial charge in [-0.25, -0.2) is 9.79 Å². The summed E-state index contributed by atoms with van der Waals surface area (Å²) in [5, 5.41) is 11.3. The number of phenolic OH excluding ortho intramolecular Hbond substituents is 1. The van der Waals surface area contributed by atoms with Gasteiger partial charge in [0.1, 0.15) is 10.6 Å². The highest BCUT2D eigenvalue weighted by Gasteiger charge is 2.28. The van der Waals surface area contributed by atoms with Crippen molar-refractivity contribution in [3.8, 4) is 5.75 Å². The van der Waals surface area contributed by atoms with Gasteiger partial charge < -0.3 is 9.84 Å². The monoisotopic (exact) mass is 369 g/mol. The van der Waals surface area contributed by atoms with Gasteiger partial charge in [-0.1, -0.05) is 41.9 Å². The fraction of sp³-hybridized carbons (Fsp3) is 0.0526. The molecule has 0 radical (unpaired) electrons. The van der Waals surface area contributed by atoms with E-state index < -0.39 is 5.97 Å². The number of carbonyl (C=O) groups is 1. The molecule has 1 aliphatic heterocycles. The highest BCUT2D eigenvalue weighted by molar-refractivity contribution is 7.21. The van der Waals surface area contributed by atoms with Crippen LogP contribution in [0.5, 0.6) is 5.75 Å². The number of thiophene rings is 1. The van der Waals surface area contributed by atoms with Crippen LogP contribution >= 0.6 is 22.9 Å². The number of nitrogens with zero attached hydrogens (tertiary/aromatic N) is 1. The lowest BCUT2D eigenvalue weighted by molar-refractivity contribution is -0.129. The molecule has 0 amide bonds. The Morgan fingerprint density at radius 2 is 2.04 bits per heavy atom. The lowest BCUT2D eigenvalue weighted by Gasteiger charge is -1.97. The lowest BCUT2D eigenvalue weighted by Crippen LogP contribution is -2.04. The van der Waals surface area contributed by atoms with Gasteiger partial charge in [-0.05, 0) is 30.7 Å². The van der Waals surface area contributed by atoms with Gasteiger partial charge in [-0.3, -0.25) is 0 Å². The first-order chi connectivity index (χ1) is 12.0. The number of halogens is 1. The van der Waals surface area contributed by atoms with E-state index in [1.807, 2.05) is 25.1 Å². The Balaban J connectivity index is 1.78. The van der Waals surface area contributed by atoms with E-state index in [-0.39, 0.29) is 17.3 Å². The van der Waals surface area contributed by atoms with Crippen LogP contribution in [0.3, 0.4) is 0 Å². The molecule has 0 atom stereocenters. The van der Waals surface area contributed by atoms with Crippen LogP contribution < -0.4 is 0 Å². The van der Waals surface area contributed by atoms with Crippen molar-refractivity contribution in [1.29, 1.82) is 0 Å². The largest absolute Gasteiger partial charge is 0.507 e. The first-order valence-corrected chi connectivity index (χ1v) is 8.72. The molecule has 3 aromatic rings. The van der Waals surface area contributed by atoms with Crippen molar-refractivity contribution in [3.63, 3.8) is 0 Å². The molecule has 1 aliphatic rings. The highest BCUT2D eigenvalue weighted by Crippen LogP contribution is 2.38. The third-order valence-corrected chi connectivity index (χ3v) is 5.47. The van der Waals surface area contributed by atoms with Crippen molar-refractivity contribution in [2.45, 2.75) is 6.92 Å². The summed E-state index contributed by atoms with van der Waals surface area (Å²) < 4.78 is 6.31. The standard InChI is InChI=1S/C19H12ClNO3S/c1-10-6-7-12-15(8-10)25-17(16(12)20)18-21-13(19(23)24-18)9-11-4-2-3-5-14(11)22/h2-9,22H,1H3/b13-9+. The molecule has 4 nitrogen and oxygen atoms in total. The van der Waals surface area contributed by atoms with Gasteiger partial charge >= 0.3 is 5.97 Å². The minimum atomic E-state index is -0.567. The summed E-state index contributed by atoms with van der Waals surface area (Å²) in [6.45, 7) is 2.01. The number of aromatic hydroxyl groups is 1. The molecule has 2 heterocycles. The van der Waals surface area contributed by atoms with Crippen molar-refractivity contribution in [2.24, 2.45) is 4.99 Å². The number of para-hydroxylation sites is 1. The van der Waals surface area contributed by atoms with Crippen LogP contribution in [0.25, 0.3) is 16.2 Å². The zero-order valence-corrected chi connectivity index (χ0v) is 14.7. The number of esters is 1. The maximum absolute atomic E-state index is 12.1. The number of carbonyl (C=O) groups excluding carboxylic acids is 1.